The van der Waals surface area contributed by atoms with E-state index in [1.807, 2.05) is 42.5 Å². The van der Waals surface area contributed by atoms with E-state index in [0.717, 1.165) is 33.2 Å². The van der Waals surface area contributed by atoms with Crippen LogP contribution in [0.1, 0.15) is 21.5 Å². The van der Waals surface area contributed by atoms with E-state index in [1.54, 1.807) is 19.5 Å². The molecule has 0 spiro atoms. The van der Waals surface area contributed by atoms with Crippen LogP contribution in [0, 0.1) is 0 Å². The first-order valence-electron chi connectivity index (χ1n) is 9.48. The van der Waals surface area contributed by atoms with E-state index in [0.29, 0.717) is 12.1 Å². The summed E-state index contributed by atoms with van der Waals surface area (Å²) < 4.78 is 18.5. The number of alkyl halides is 1. The number of carbonyl (C=O) groups is 1. The largest absolute Gasteiger partial charge is 0.497 e. The number of methoxy groups -OCH3 is 1. The van der Waals surface area contributed by atoms with E-state index in [-0.39, 0.29) is 11.5 Å². The highest BCUT2D eigenvalue weighted by Gasteiger charge is 2.13. The van der Waals surface area contributed by atoms with Crippen molar-refractivity contribution in [2.45, 2.75) is 13.2 Å². The van der Waals surface area contributed by atoms with Crippen LogP contribution in [-0.4, -0.2) is 23.0 Å². The van der Waals surface area contributed by atoms with E-state index in [9.17, 15) is 9.18 Å². The summed E-state index contributed by atoms with van der Waals surface area (Å²) in [4.78, 5) is 20.7. The topological polar surface area (TPSA) is 64.1 Å². The smallest absolute Gasteiger partial charge is 0.253 e. The quantitative estimate of drug-likeness (QED) is 0.508. The second-order valence-electron chi connectivity index (χ2n) is 6.77. The van der Waals surface area contributed by atoms with E-state index in [1.165, 1.54) is 18.5 Å². The molecule has 2 heterocycles. The van der Waals surface area contributed by atoms with Gasteiger partial charge in [0.25, 0.3) is 5.91 Å². The molecule has 0 saturated heterocycles. The lowest BCUT2D eigenvalue weighted by molar-refractivity contribution is 0.0949. The van der Waals surface area contributed by atoms with Crippen LogP contribution in [0.4, 0.5) is 4.39 Å². The molecule has 0 bridgehead atoms. The first-order chi connectivity index (χ1) is 14.7. The van der Waals surface area contributed by atoms with E-state index < -0.39 is 6.67 Å². The third kappa shape index (κ3) is 3.85. The first-order valence-corrected chi connectivity index (χ1v) is 9.48. The van der Waals surface area contributed by atoms with Crippen molar-refractivity contribution in [3.05, 3.63) is 90.0 Å². The third-order valence-electron chi connectivity index (χ3n) is 5.03. The molecule has 0 aliphatic carbocycles. The summed E-state index contributed by atoms with van der Waals surface area (Å²) in [6.07, 6.45) is 6.40. The van der Waals surface area contributed by atoms with Gasteiger partial charge in [-0.3, -0.25) is 14.8 Å². The van der Waals surface area contributed by atoms with Crippen LogP contribution in [0.5, 0.6) is 5.75 Å². The van der Waals surface area contributed by atoms with Crippen molar-refractivity contribution in [2.75, 3.05) is 7.11 Å². The maximum Gasteiger partial charge on any atom is 0.253 e. The first kappa shape index (κ1) is 19.5. The molecule has 30 heavy (non-hydrogen) atoms. The number of halogens is 1. The Balaban J connectivity index is 1.65. The van der Waals surface area contributed by atoms with Crippen LogP contribution in [0.15, 0.2) is 73.3 Å². The summed E-state index contributed by atoms with van der Waals surface area (Å²) in [5.41, 5.74) is 3.57. The highest BCUT2D eigenvalue weighted by atomic mass is 19.1. The number of nitrogens with one attached hydrogen (secondary N) is 1. The van der Waals surface area contributed by atoms with Crippen molar-refractivity contribution in [1.82, 2.24) is 15.3 Å². The van der Waals surface area contributed by atoms with Gasteiger partial charge in [-0.25, -0.2) is 4.39 Å². The minimum Gasteiger partial charge on any atom is -0.497 e. The normalized spacial score (nSPS) is 10.7. The number of carbonyl (C=O) groups excluding carboxylic acids is 1. The zero-order valence-electron chi connectivity index (χ0n) is 16.4. The average Bonchev–Trinajstić information content (AvgIpc) is 2.82. The highest BCUT2D eigenvalue weighted by Crippen LogP contribution is 2.32. The van der Waals surface area contributed by atoms with Gasteiger partial charge in [0.1, 0.15) is 12.4 Å². The lowest BCUT2D eigenvalue weighted by Crippen LogP contribution is -2.24. The lowest BCUT2D eigenvalue weighted by atomic mass is 9.96. The molecule has 1 N–H and O–H groups in total. The van der Waals surface area contributed by atoms with E-state index in [2.05, 4.69) is 15.3 Å². The minimum atomic E-state index is -0.715. The van der Waals surface area contributed by atoms with Crippen LogP contribution in [0.25, 0.3) is 21.9 Å². The van der Waals surface area contributed by atoms with Gasteiger partial charge >= 0.3 is 0 Å². The number of hydrogen-bond acceptors (Lipinski definition) is 4. The van der Waals surface area contributed by atoms with Crippen molar-refractivity contribution in [3.8, 4) is 16.9 Å². The standard InChI is InChI=1S/C24H20FN3O2/c1-30-19-4-2-3-16(11-19)20-6-5-18(22-14-27-10-8-21(20)22)13-28-24(29)23-15-26-9-7-17(23)12-25/h2-11,14-15H,12-13H2,1H3,(H,28,29). The maximum atomic E-state index is 13.2. The molecule has 0 radical (unpaired) electrons. The Hall–Kier alpha value is -3.80. The molecule has 0 unspecified atom stereocenters. The summed E-state index contributed by atoms with van der Waals surface area (Å²) in [5.74, 6) is 0.427. The lowest BCUT2D eigenvalue weighted by Gasteiger charge is -2.13. The number of amides is 1. The van der Waals surface area contributed by atoms with Gasteiger partial charge in [0.15, 0.2) is 0 Å². The van der Waals surface area contributed by atoms with Gasteiger partial charge in [-0.05, 0) is 51.9 Å². The van der Waals surface area contributed by atoms with Crippen LogP contribution in [0.3, 0.4) is 0 Å². The van der Waals surface area contributed by atoms with Crippen molar-refractivity contribution in [1.29, 1.82) is 0 Å². The Morgan fingerprint density at radius 2 is 1.83 bits per heavy atom. The van der Waals surface area contributed by atoms with Gasteiger partial charge < -0.3 is 10.1 Å². The number of benzene rings is 2. The third-order valence-corrected chi connectivity index (χ3v) is 5.03. The van der Waals surface area contributed by atoms with Gasteiger partial charge in [-0.1, -0.05) is 24.3 Å². The molecule has 2 aromatic carbocycles. The molecular weight excluding hydrogens is 381 g/mol. The van der Waals surface area contributed by atoms with Gasteiger partial charge in [0.05, 0.1) is 12.7 Å². The fourth-order valence-electron chi connectivity index (χ4n) is 3.46. The molecule has 2 aromatic heterocycles. The maximum absolute atomic E-state index is 13.2. The average molecular weight is 401 g/mol. The zero-order chi connectivity index (χ0) is 20.9. The van der Waals surface area contributed by atoms with Gasteiger partial charge in [0, 0.05) is 36.7 Å². The molecule has 150 valence electrons. The molecule has 6 heteroatoms. The second kappa shape index (κ2) is 8.69. The fraction of sp³-hybridized carbons (Fsp3) is 0.125. The van der Waals surface area contributed by atoms with Crippen molar-refractivity contribution in [2.24, 2.45) is 0 Å². The molecule has 4 aromatic rings. The number of aromatic nitrogens is 2. The Morgan fingerprint density at radius 3 is 2.67 bits per heavy atom. The predicted octanol–water partition coefficient (Wildman–Crippen LogP) is 4.70. The molecule has 0 fully saturated rings. The van der Waals surface area contributed by atoms with E-state index in [4.69, 9.17) is 4.74 Å². The number of pyridine rings is 2. The van der Waals surface area contributed by atoms with Crippen molar-refractivity contribution < 1.29 is 13.9 Å². The Morgan fingerprint density at radius 1 is 1.00 bits per heavy atom. The summed E-state index contributed by atoms with van der Waals surface area (Å²) >= 11 is 0. The van der Waals surface area contributed by atoms with Crippen LogP contribution in [0.2, 0.25) is 0 Å². The van der Waals surface area contributed by atoms with Crippen molar-refractivity contribution in [3.63, 3.8) is 0 Å². The SMILES string of the molecule is COc1cccc(-c2ccc(CNC(=O)c3cnccc3CF)c3cnccc23)c1. The molecule has 0 aliphatic heterocycles. The van der Waals surface area contributed by atoms with Gasteiger partial charge in [-0.15, -0.1) is 0 Å². The molecule has 1 amide bonds. The zero-order valence-corrected chi connectivity index (χ0v) is 16.4. The van der Waals surface area contributed by atoms with E-state index >= 15 is 0 Å². The summed E-state index contributed by atoms with van der Waals surface area (Å²) in [6.45, 7) is -0.423. The Kier molecular flexibility index (Phi) is 5.66. The van der Waals surface area contributed by atoms with Crippen LogP contribution >= 0.6 is 0 Å². The monoisotopic (exact) mass is 401 g/mol. The highest BCUT2D eigenvalue weighted by molar-refractivity contribution is 5.99. The van der Waals surface area contributed by atoms with Crippen molar-refractivity contribution >= 4 is 16.7 Å². The predicted molar refractivity (Wildman–Crippen MR) is 114 cm³/mol. The molecule has 0 atom stereocenters. The minimum absolute atomic E-state index is 0.246. The Bertz CT molecular complexity index is 1210. The molecule has 0 aliphatic rings. The summed E-state index contributed by atoms with van der Waals surface area (Å²) in [7, 11) is 1.64. The molecule has 0 saturated carbocycles. The summed E-state index contributed by atoms with van der Waals surface area (Å²) in [6, 6.07) is 15.3. The number of nitrogens with zero attached hydrogens (tertiary/aromatic N) is 2. The number of ether oxygens (including phenoxy) is 1. The fourth-order valence-corrected chi connectivity index (χ4v) is 3.46. The Labute approximate surface area is 173 Å². The number of hydrogen-bond donors (Lipinski definition) is 1. The molecule has 4 rings (SSSR count). The van der Waals surface area contributed by atoms with Crippen LogP contribution < -0.4 is 10.1 Å². The molecule has 5 nitrogen and oxygen atoms in total. The molecular formula is C24H20FN3O2. The van der Waals surface area contributed by atoms with Gasteiger partial charge in [-0.2, -0.15) is 0 Å². The second-order valence-corrected chi connectivity index (χ2v) is 6.77. The van der Waals surface area contributed by atoms with Crippen LogP contribution in [-0.2, 0) is 13.2 Å². The van der Waals surface area contributed by atoms with Gasteiger partial charge in [0.2, 0.25) is 0 Å². The number of fused-ring (bicyclic) bond motifs is 1. The summed E-state index contributed by atoms with van der Waals surface area (Å²) in [5, 5.41) is 4.83. The number of rotatable bonds is 6.